The van der Waals surface area contributed by atoms with E-state index in [4.69, 9.17) is 5.73 Å². The van der Waals surface area contributed by atoms with Crippen molar-refractivity contribution in [2.75, 3.05) is 19.8 Å². The normalized spacial score (nSPS) is 10.6. The summed E-state index contributed by atoms with van der Waals surface area (Å²) in [7, 11) is 3.45. The molecule has 0 spiro atoms. The average molecular weight is 325 g/mol. The minimum Gasteiger partial charge on any atom is -0.396 e. The monoisotopic (exact) mass is 325 g/mol. The number of aromatic nitrogens is 1. The van der Waals surface area contributed by atoms with Crippen LogP contribution in [-0.4, -0.2) is 29.9 Å². The number of hydrogen-bond acceptors (Lipinski definition) is 5. The van der Waals surface area contributed by atoms with E-state index in [1.54, 1.807) is 31.1 Å². The number of nitrogens with zero attached hydrogens (tertiary/aromatic N) is 2. The highest BCUT2D eigenvalue weighted by atomic mass is 32.2. The fourth-order valence-corrected chi connectivity index (χ4v) is 3.24. The highest BCUT2D eigenvalue weighted by Crippen LogP contribution is 2.26. The van der Waals surface area contributed by atoms with E-state index in [0.717, 1.165) is 15.6 Å². The van der Waals surface area contributed by atoms with Crippen LogP contribution in [-0.2, 0) is 17.0 Å². The smallest absolute Gasteiger partial charge is 0.228 e. The molecule has 2 N–H and O–H groups in total. The number of carbonyl (C=O) groups excluding carboxylic acids is 1. The Bertz CT molecular complexity index is 643. The Morgan fingerprint density at radius 1 is 1.48 bits per heavy atom. The van der Waals surface area contributed by atoms with E-state index in [0.29, 0.717) is 12.2 Å². The van der Waals surface area contributed by atoms with Crippen molar-refractivity contribution in [3.05, 3.63) is 40.1 Å². The lowest BCUT2D eigenvalue weighted by Crippen LogP contribution is -2.23. The Hall–Kier alpha value is -1.60. The number of nitrogen functional groups attached to an aromatic ring is 1. The molecule has 0 fully saturated rings. The number of anilines is 1. The lowest BCUT2D eigenvalue weighted by molar-refractivity contribution is -0.127. The Morgan fingerprint density at radius 3 is 2.90 bits per heavy atom. The third-order valence-electron chi connectivity index (χ3n) is 2.76. The van der Waals surface area contributed by atoms with Gasteiger partial charge in [0, 0.05) is 30.1 Å². The van der Waals surface area contributed by atoms with Gasteiger partial charge in [0.05, 0.1) is 17.8 Å². The standard InChI is InChI=1S/C14H16FN3OS2/c1-18(2)14(19)6-13-17-9(8-21-13)7-20-10-3-4-12(16)11(15)5-10/h3-5,8H,6-7,16H2,1-2H3. The quantitative estimate of drug-likeness (QED) is 0.678. The molecule has 1 heterocycles. The maximum Gasteiger partial charge on any atom is 0.228 e. The fraction of sp³-hybridized carbons (Fsp3) is 0.286. The van der Waals surface area contributed by atoms with Crippen LogP contribution in [0.3, 0.4) is 0 Å². The number of halogens is 1. The summed E-state index contributed by atoms with van der Waals surface area (Å²) in [5.74, 6) is 0.260. The molecule has 1 amide bonds. The molecule has 2 rings (SSSR count). The van der Waals surface area contributed by atoms with E-state index >= 15 is 0 Å². The maximum atomic E-state index is 13.3. The highest BCUT2D eigenvalue weighted by molar-refractivity contribution is 7.98. The summed E-state index contributed by atoms with van der Waals surface area (Å²) in [5.41, 5.74) is 6.48. The molecule has 0 atom stereocenters. The second-order valence-corrected chi connectivity index (χ2v) is 6.66. The first-order valence-electron chi connectivity index (χ1n) is 6.27. The first-order valence-corrected chi connectivity index (χ1v) is 8.13. The topological polar surface area (TPSA) is 59.2 Å². The molecule has 1 aromatic heterocycles. The van der Waals surface area contributed by atoms with Crippen LogP contribution in [0.25, 0.3) is 0 Å². The molecule has 0 saturated heterocycles. The largest absolute Gasteiger partial charge is 0.396 e. The first-order chi connectivity index (χ1) is 9.95. The predicted molar refractivity (Wildman–Crippen MR) is 84.9 cm³/mol. The van der Waals surface area contributed by atoms with E-state index < -0.39 is 5.82 Å². The number of nitrogens with two attached hydrogens (primary N) is 1. The van der Waals surface area contributed by atoms with E-state index in [1.165, 1.54) is 29.2 Å². The average Bonchev–Trinajstić information content (AvgIpc) is 2.87. The van der Waals surface area contributed by atoms with Crippen LogP contribution < -0.4 is 5.73 Å². The number of thioether (sulfide) groups is 1. The molecule has 0 saturated carbocycles. The maximum absolute atomic E-state index is 13.3. The zero-order valence-electron chi connectivity index (χ0n) is 11.8. The third-order valence-corrected chi connectivity index (χ3v) is 4.68. The zero-order valence-corrected chi connectivity index (χ0v) is 13.4. The van der Waals surface area contributed by atoms with Crippen LogP contribution >= 0.6 is 23.1 Å². The van der Waals surface area contributed by atoms with Crippen molar-refractivity contribution < 1.29 is 9.18 Å². The summed E-state index contributed by atoms with van der Waals surface area (Å²) < 4.78 is 13.3. The molecular formula is C14H16FN3OS2. The lowest BCUT2D eigenvalue weighted by atomic mass is 10.3. The number of likely N-dealkylation sites (N-methyl/N-ethyl adjacent to an activating group) is 1. The number of benzene rings is 1. The number of amides is 1. The van der Waals surface area contributed by atoms with Crippen molar-refractivity contribution in [1.29, 1.82) is 0 Å². The van der Waals surface area contributed by atoms with Crippen LogP contribution in [0.2, 0.25) is 0 Å². The van der Waals surface area contributed by atoms with E-state index in [1.807, 2.05) is 5.38 Å². The van der Waals surface area contributed by atoms with Gasteiger partial charge in [-0.15, -0.1) is 23.1 Å². The molecule has 0 aliphatic heterocycles. The molecule has 4 nitrogen and oxygen atoms in total. The van der Waals surface area contributed by atoms with Crippen LogP contribution in [0, 0.1) is 5.82 Å². The van der Waals surface area contributed by atoms with Gasteiger partial charge >= 0.3 is 0 Å². The Morgan fingerprint density at radius 2 is 2.24 bits per heavy atom. The minimum absolute atomic E-state index is 0.0316. The molecule has 0 aliphatic carbocycles. The van der Waals surface area contributed by atoms with Crippen molar-refractivity contribution >= 4 is 34.7 Å². The molecule has 112 valence electrons. The fourth-order valence-electron chi connectivity index (χ4n) is 1.54. The van der Waals surface area contributed by atoms with Crippen LogP contribution in [0.4, 0.5) is 10.1 Å². The van der Waals surface area contributed by atoms with Gasteiger partial charge in [0.15, 0.2) is 0 Å². The van der Waals surface area contributed by atoms with Crippen molar-refractivity contribution in [2.45, 2.75) is 17.1 Å². The molecule has 0 unspecified atom stereocenters. The molecule has 7 heteroatoms. The number of carbonyl (C=O) groups is 1. The van der Waals surface area contributed by atoms with Crippen molar-refractivity contribution in [1.82, 2.24) is 9.88 Å². The minimum atomic E-state index is -0.407. The van der Waals surface area contributed by atoms with Gasteiger partial charge in [-0.3, -0.25) is 4.79 Å². The Balaban J connectivity index is 1.93. The van der Waals surface area contributed by atoms with Gasteiger partial charge in [0.2, 0.25) is 5.91 Å². The second-order valence-electron chi connectivity index (χ2n) is 4.67. The molecule has 0 bridgehead atoms. The summed E-state index contributed by atoms with van der Waals surface area (Å²) in [6.07, 6.45) is 0.318. The highest BCUT2D eigenvalue weighted by Gasteiger charge is 2.10. The number of thiazole rings is 1. The first kappa shape index (κ1) is 15.8. The molecular weight excluding hydrogens is 309 g/mol. The molecule has 2 aromatic rings. The zero-order chi connectivity index (χ0) is 15.4. The predicted octanol–water partition coefficient (Wildman–Crippen LogP) is 2.79. The Kier molecular flexibility index (Phi) is 5.19. The SMILES string of the molecule is CN(C)C(=O)Cc1nc(CSc2ccc(N)c(F)c2)cs1. The summed E-state index contributed by atoms with van der Waals surface area (Å²) in [6.45, 7) is 0. The van der Waals surface area contributed by atoms with Crippen molar-refractivity contribution in [3.8, 4) is 0 Å². The number of rotatable bonds is 5. The molecule has 0 radical (unpaired) electrons. The van der Waals surface area contributed by atoms with Crippen molar-refractivity contribution in [3.63, 3.8) is 0 Å². The molecule has 21 heavy (non-hydrogen) atoms. The third kappa shape index (κ3) is 4.44. The van der Waals surface area contributed by atoms with Crippen molar-refractivity contribution in [2.24, 2.45) is 0 Å². The summed E-state index contributed by atoms with van der Waals surface area (Å²) in [5, 5.41) is 2.73. The van der Waals surface area contributed by atoms with Crippen LogP contribution in [0.15, 0.2) is 28.5 Å². The van der Waals surface area contributed by atoms with Gasteiger partial charge in [0.25, 0.3) is 0 Å². The summed E-state index contributed by atoms with van der Waals surface area (Å²) in [6, 6.07) is 4.76. The summed E-state index contributed by atoms with van der Waals surface area (Å²) in [4.78, 5) is 18.4. The molecule has 1 aromatic carbocycles. The van der Waals surface area contributed by atoms with Gasteiger partial charge in [-0.05, 0) is 18.2 Å². The number of hydrogen-bond donors (Lipinski definition) is 1. The second kappa shape index (κ2) is 6.91. The van der Waals surface area contributed by atoms with Crippen LogP contribution in [0.1, 0.15) is 10.7 Å². The lowest BCUT2D eigenvalue weighted by Gasteiger charge is -2.07. The van der Waals surface area contributed by atoms with E-state index in [2.05, 4.69) is 4.98 Å². The summed E-state index contributed by atoms with van der Waals surface area (Å²) >= 11 is 2.96. The molecule has 0 aliphatic rings. The van der Waals surface area contributed by atoms with E-state index in [9.17, 15) is 9.18 Å². The Labute approximate surface area is 131 Å². The van der Waals surface area contributed by atoms with E-state index in [-0.39, 0.29) is 11.6 Å². The van der Waals surface area contributed by atoms with Gasteiger partial charge in [-0.1, -0.05) is 0 Å². The van der Waals surface area contributed by atoms with Gasteiger partial charge in [0.1, 0.15) is 10.8 Å². The van der Waals surface area contributed by atoms with Gasteiger partial charge in [-0.2, -0.15) is 0 Å². The van der Waals surface area contributed by atoms with Gasteiger partial charge < -0.3 is 10.6 Å². The van der Waals surface area contributed by atoms with Gasteiger partial charge in [-0.25, -0.2) is 9.37 Å². The van der Waals surface area contributed by atoms with Crippen LogP contribution in [0.5, 0.6) is 0 Å².